The Morgan fingerprint density at radius 1 is 0.895 bits per heavy atom. The minimum Gasteiger partial charge on any atom is -0.462 e. The van der Waals surface area contributed by atoms with Crippen molar-refractivity contribution in [3.8, 4) is 0 Å². The number of benzene rings is 1. The molecule has 14 heteroatoms. The van der Waals surface area contributed by atoms with Crippen LogP contribution in [-0.2, 0) is 53.8 Å². The number of alkyl halides is 3. The van der Waals surface area contributed by atoms with Gasteiger partial charge >= 0.3 is 30.1 Å². The average Bonchev–Trinajstić information content (AvgIpc) is 3.23. The van der Waals surface area contributed by atoms with E-state index in [9.17, 15) is 37.1 Å². The zero-order valence-corrected chi connectivity index (χ0v) is 21.3. The molecule has 0 aromatic heterocycles. The van der Waals surface area contributed by atoms with Crippen molar-refractivity contribution in [2.45, 2.75) is 71.4 Å². The van der Waals surface area contributed by atoms with Gasteiger partial charge in [-0.15, -0.1) is 0 Å². The van der Waals surface area contributed by atoms with E-state index < -0.39 is 78.8 Å². The second-order valence-electron chi connectivity index (χ2n) is 8.42. The molecule has 0 N–H and O–H groups in total. The van der Waals surface area contributed by atoms with Gasteiger partial charge in [-0.1, -0.05) is 12.1 Å². The summed E-state index contributed by atoms with van der Waals surface area (Å²) >= 11 is 0. The van der Waals surface area contributed by atoms with Crippen molar-refractivity contribution in [1.82, 2.24) is 4.90 Å². The van der Waals surface area contributed by atoms with Gasteiger partial charge in [-0.2, -0.15) is 13.2 Å². The van der Waals surface area contributed by atoms with E-state index in [1.165, 1.54) is 11.8 Å². The van der Waals surface area contributed by atoms with Crippen molar-refractivity contribution >= 4 is 29.8 Å². The Morgan fingerprint density at radius 2 is 1.45 bits per heavy atom. The summed E-state index contributed by atoms with van der Waals surface area (Å²) in [6.45, 7) is 4.63. The molecule has 0 radical (unpaired) electrons. The lowest BCUT2D eigenvalue weighted by atomic mass is 10.0. The number of hydrogen-bond acceptors (Lipinski definition) is 10. The minimum atomic E-state index is -4.58. The molecular weight excluding hydrogens is 519 g/mol. The Balaban J connectivity index is 2.48. The molecule has 11 nitrogen and oxygen atoms in total. The van der Waals surface area contributed by atoms with Crippen molar-refractivity contribution in [1.29, 1.82) is 0 Å². The quantitative estimate of drug-likeness (QED) is 0.335. The van der Waals surface area contributed by atoms with Gasteiger partial charge in [0.2, 0.25) is 5.91 Å². The molecule has 5 atom stereocenters. The fourth-order valence-corrected chi connectivity index (χ4v) is 3.84. The van der Waals surface area contributed by atoms with Crippen LogP contribution in [0.1, 0.15) is 52.0 Å². The van der Waals surface area contributed by atoms with E-state index in [4.69, 9.17) is 23.7 Å². The van der Waals surface area contributed by atoms with Crippen LogP contribution < -0.4 is 0 Å². The monoisotopic (exact) mass is 547 g/mol. The predicted molar refractivity (Wildman–Crippen MR) is 120 cm³/mol. The highest BCUT2D eigenvalue weighted by molar-refractivity contribution is 5.74. The summed E-state index contributed by atoms with van der Waals surface area (Å²) in [5.74, 6) is -3.80. The zero-order valence-electron chi connectivity index (χ0n) is 21.3. The number of amides is 1. The van der Waals surface area contributed by atoms with Gasteiger partial charge in [0.1, 0.15) is 12.7 Å². The average molecular weight is 547 g/mol. The molecule has 1 aliphatic rings. The number of hydrogen-bond donors (Lipinski definition) is 0. The fraction of sp³-hybridized carbons (Fsp3) is 0.542. The molecule has 38 heavy (non-hydrogen) atoms. The molecule has 1 fully saturated rings. The lowest BCUT2D eigenvalue weighted by molar-refractivity contribution is -0.200. The van der Waals surface area contributed by atoms with Crippen molar-refractivity contribution in [3.05, 3.63) is 35.4 Å². The lowest BCUT2D eigenvalue weighted by Gasteiger charge is -2.34. The number of esters is 4. The SMILES string of the molecule is CC(=O)OC[C@@H](OC(C)=O)[C@@H](OC(C)=O)[C@H](OC(C)=O)[C@@H]1CN(C(C)=O)[C@H](c2ccc(C(F)(F)F)cc2)O1. The van der Waals surface area contributed by atoms with Gasteiger partial charge < -0.3 is 28.6 Å². The smallest absolute Gasteiger partial charge is 0.416 e. The van der Waals surface area contributed by atoms with Crippen LogP contribution in [0.4, 0.5) is 13.2 Å². The van der Waals surface area contributed by atoms with Crippen molar-refractivity contribution < 1.29 is 60.8 Å². The largest absolute Gasteiger partial charge is 0.462 e. The van der Waals surface area contributed by atoms with Gasteiger partial charge in [0.25, 0.3) is 0 Å². The van der Waals surface area contributed by atoms with E-state index in [1.54, 1.807) is 0 Å². The highest BCUT2D eigenvalue weighted by atomic mass is 19.4. The first kappa shape index (κ1) is 30.5. The van der Waals surface area contributed by atoms with E-state index in [0.717, 1.165) is 52.0 Å². The third-order valence-electron chi connectivity index (χ3n) is 5.32. The van der Waals surface area contributed by atoms with E-state index in [0.29, 0.717) is 0 Å². The van der Waals surface area contributed by atoms with Crippen molar-refractivity contribution in [2.24, 2.45) is 0 Å². The predicted octanol–water partition coefficient (Wildman–Crippen LogP) is 2.31. The normalized spacial score (nSPS) is 19.6. The molecule has 0 bridgehead atoms. The van der Waals surface area contributed by atoms with Gasteiger partial charge in [0.05, 0.1) is 12.1 Å². The molecule has 0 unspecified atom stereocenters. The summed E-state index contributed by atoms with van der Waals surface area (Å²) < 4.78 is 65.8. The van der Waals surface area contributed by atoms with Gasteiger partial charge in [-0.3, -0.25) is 24.0 Å². The summed E-state index contributed by atoms with van der Waals surface area (Å²) in [6, 6.07) is 3.92. The Bertz CT molecular complexity index is 1040. The zero-order chi connectivity index (χ0) is 28.8. The summed E-state index contributed by atoms with van der Waals surface area (Å²) in [7, 11) is 0. The molecule has 2 rings (SSSR count). The highest BCUT2D eigenvalue weighted by Gasteiger charge is 2.48. The molecule has 1 aromatic rings. The van der Waals surface area contributed by atoms with Crippen LogP contribution in [0, 0.1) is 0 Å². The minimum absolute atomic E-state index is 0.192. The maximum atomic E-state index is 13.0. The lowest BCUT2D eigenvalue weighted by Crippen LogP contribution is -2.53. The van der Waals surface area contributed by atoms with Crippen molar-refractivity contribution in [3.63, 3.8) is 0 Å². The summed E-state index contributed by atoms with van der Waals surface area (Å²) in [5, 5.41) is 0. The van der Waals surface area contributed by atoms with Crippen molar-refractivity contribution in [2.75, 3.05) is 13.2 Å². The van der Waals surface area contributed by atoms with E-state index >= 15 is 0 Å². The van der Waals surface area contributed by atoms with Gasteiger partial charge in [-0.05, 0) is 12.1 Å². The Labute approximate surface area is 216 Å². The van der Waals surface area contributed by atoms with E-state index in [-0.39, 0.29) is 12.1 Å². The first-order valence-corrected chi connectivity index (χ1v) is 11.3. The fourth-order valence-electron chi connectivity index (χ4n) is 3.84. The standard InChI is InChI=1S/C24H28F3NO10/c1-12(29)28-10-19(38-23(28)17-6-8-18(9-7-17)24(25,26)27)21(36-15(4)32)22(37-16(5)33)20(35-14(3)31)11-34-13(2)30/h6-9,19-23H,10-11H2,1-5H3/t19-,20+,21+,22+,23-/m0/s1. The molecule has 1 aliphatic heterocycles. The molecule has 1 aromatic carbocycles. The number of carbonyl (C=O) groups excluding carboxylic acids is 5. The van der Waals surface area contributed by atoms with Crippen LogP contribution in [0.25, 0.3) is 0 Å². The molecule has 1 saturated heterocycles. The maximum absolute atomic E-state index is 13.0. The van der Waals surface area contributed by atoms with Crippen LogP contribution in [0.15, 0.2) is 24.3 Å². The summed E-state index contributed by atoms with van der Waals surface area (Å²) in [6.07, 6.45) is -11.4. The second-order valence-corrected chi connectivity index (χ2v) is 8.42. The van der Waals surface area contributed by atoms with Gasteiger partial charge in [-0.25, -0.2) is 0 Å². The van der Waals surface area contributed by atoms with Crippen LogP contribution in [0.3, 0.4) is 0 Å². The topological polar surface area (TPSA) is 135 Å². The van der Waals surface area contributed by atoms with Gasteiger partial charge in [0.15, 0.2) is 24.5 Å². The third kappa shape index (κ3) is 8.43. The first-order valence-electron chi connectivity index (χ1n) is 11.3. The number of nitrogens with zero attached hydrogens (tertiary/aromatic N) is 1. The molecular formula is C24H28F3NO10. The number of ether oxygens (including phenoxy) is 5. The number of rotatable bonds is 9. The van der Waals surface area contributed by atoms with E-state index in [2.05, 4.69) is 0 Å². The van der Waals surface area contributed by atoms with Crippen LogP contribution in [0.2, 0.25) is 0 Å². The summed E-state index contributed by atoms with van der Waals surface area (Å²) in [4.78, 5) is 60.7. The molecule has 210 valence electrons. The van der Waals surface area contributed by atoms with Crippen LogP contribution >= 0.6 is 0 Å². The Morgan fingerprint density at radius 3 is 1.89 bits per heavy atom. The summed E-state index contributed by atoms with van der Waals surface area (Å²) in [5.41, 5.74) is -0.717. The van der Waals surface area contributed by atoms with Crippen LogP contribution in [-0.4, -0.2) is 72.3 Å². The van der Waals surface area contributed by atoms with E-state index in [1.807, 2.05) is 0 Å². The molecule has 0 saturated carbocycles. The number of halogens is 3. The second kappa shape index (κ2) is 12.7. The molecule has 1 heterocycles. The Kier molecular flexibility index (Phi) is 10.2. The molecule has 0 aliphatic carbocycles. The number of carbonyl (C=O) groups is 5. The molecule has 0 spiro atoms. The van der Waals surface area contributed by atoms with Gasteiger partial charge in [0, 0.05) is 40.2 Å². The van der Waals surface area contributed by atoms with Crippen LogP contribution in [0.5, 0.6) is 0 Å². The maximum Gasteiger partial charge on any atom is 0.416 e. The highest BCUT2D eigenvalue weighted by Crippen LogP contribution is 2.36. The third-order valence-corrected chi connectivity index (χ3v) is 5.32. The first-order chi connectivity index (χ1) is 17.6. The Hall–Kier alpha value is -3.68. The molecule has 1 amide bonds.